The van der Waals surface area contributed by atoms with Crippen molar-refractivity contribution in [2.24, 2.45) is 0 Å². The molecule has 0 saturated carbocycles. The normalized spacial score (nSPS) is 15.4. The lowest BCUT2D eigenvalue weighted by molar-refractivity contribution is 0.343. The Labute approximate surface area is 184 Å². The first-order valence-corrected chi connectivity index (χ1v) is 10.8. The van der Waals surface area contributed by atoms with E-state index in [1.54, 1.807) is 0 Å². The Morgan fingerprint density at radius 1 is 1.03 bits per heavy atom. The van der Waals surface area contributed by atoms with Gasteiger partial charge in [-0.2, -0.15) is 5.10 Å². The molecule has 5 rings (SSSR count). The predicted molar refractivity (Wildman–Crippen MR) is 124 cm³/mol. The molecule has 7 heteroatoms. The molecule has 0 atom stereocenters. The lowest BCUT2D eigenvalue weighted by Crippen LogP contribution is -2.29. The van der Waals surface area contributed by atoms with E-state index in [0.717, 1.165) is 59.2 Å². The van der Waals surface area contributed by atoms with Crippen LogP contribution in [0.1, 0.15) is 30.0 Å². The third kappa shape index (κ3) is 3.76. The van der Waals surface area contributed by atoms with Gasteiger partial charge in [0.25, 0.3) is 0 Å². The number of nitrogens with one attached hydrogen (secondary N) is 2. The molecule has 1 aromatic carbocycles. The van der Waals surface area contributed by atoms with Gasteiger partial charge < -0.3 is 10.3 Å². The molecule has 0 bridgehead atoms. The molecule has 0 radical (unpaired) electrons. The highest BCUT2D eigenvalue weighted by Crippen LogP contribution is 2.29. The van der Waals surface area contributed by atoms with Gasteiger partial charge in [0.2, 0.25) is 0 Å². The average Bonchev–Trinajstić information content (AvgIpc) is 3.41. The minimum atomic E-state index is 0.461. The molecule has 0 unspecified atom stereocenters. The number of piperidine rings is 1. The Hall–Kier alpha value is -2.60. The number of pyridine rings is 1. The molecule has 2 N–H and O–H groups in total. The van der Waals surface area contributed by atoms with Crippen LogP contribution in [0.5, 0.6) is 0 Å². The number of H-pyrrole nitrogens is 1. The topological polar surface area (TPSA) is 58.5 Å². The summed E-state index contributed by atoms with van der Waals surface area (Å²) in [6.45, 7) is 2.09. The van der Waals surface area contributed by atoms with Crippen LogP contribution in [-0.4, -0.2) is 32.8 Å². The van der Waals surface area contributed by atoms with Crippen molar-refractivity contribution in [3.63, 3.8) is 0 Å². The number of aromatic amines is 1. The van der Waals surface area contributed by atoms with E-state index in [9.17, 15) is 0 Å². The predicted octanol–water partition coefficient (Wildman–Crippen LogP) is 5.83. The first-order valence-electron chi connectivity index (χ1n) is 10.0. The Morgan fingerprint density at radius 3 is 2.63 bits per heavy atom. The van der Waals surface area contributed by atoms with Gasteiger partial charge >= 0.3 is 0 Å². The third-order valence-electron chi connectivity index (χ3n) is 5.61. The number of fused-ring (bicyclic) bond motifs is 1. The van der Waals surface area contributed by atoms with E-state index in [4.69, 9.17) is 23.2 Å². The SMILES string of the molecule is Clc1cccc(Cl)c1/C=C/c1c[nH]c2ncc(-c3cnn(C4CCNCC4)c3)cc12. The summed E-state index contributed by atoms with van der Waals surface area (Å²) in [5, 5.41) is 10.3. The number of hydrogen-bond donors (Lipinski definition) is 2. The van der Waals surface area contributed by atoms with E-state index in [-0.39, 0.29) is 0 Å². The Balaban J connectivity index is 1.46. The average molecular weight is 438 g/mol. The van der Waals surface area contributed by atoms with E-state index in [0.29, 0.717) is 16.1 Å². The van der Waals surface area contributed by atoms with E-state index in [2.05, 4.69) is 37.3 Å². The van der Waals surface area contributed by atoms with Gasteiger partial charge in [0.1, 0.15) is 5.65 Å². The minimum absolute atomic E-state index is 0.461. The monoisotopic (exact) mass is 437 g/mol. The van der Waals surface area contributed by atoms with Crippen LogP contribution < -0.4 is 5.32 Å². The number of halogens is 2. The van der Waals surface area contributed by atoms with Crippen LogP contribution in [0.4, 0.5) is 0 Å². The fraction of sp³-hybridized carbons (Fsp3) is 0.217. The Bertz CT molecular complexity index is 1200. The molecule has 0 spiro atoms. The highest BCUT2D eigenvalue weighted by Gasteiger charge is 2.16. The standard InChI is InChI=1S/C23H21Cl2N5/c24-21-2-1-3-22(25)19(21)5-4-15-11-27-23-20(15)10-16(12-28-23)17-13-29-30(14-17)18-6-8-26-9-7-18/h1-5,10-14,18,26H,6-9H2,(H,27,28)/b5-4+. The van der Waals surface area contributed by atoms with Gasteiger partial charge in [0.05, 0.1) is 12.2 Å². The quantitative estimate of drug-likeness (QED) is 0.422. The zero-order valence-electron chi connectivity index (χ0n) is 16.3. The summed E-state index contributed by atoms with van der Waals surface area (Å²) < 4.78 is 2.09. The summed E-state index contributed by atoms with van der Waals surface area (Å²) in [5.74, 6) is 0. The zero-order valence-corrected chi connectivity index (χ0v) is 17.8. The highest BCUT2D eigenvalue weighted by atomic mass is 35.5. The lowest BCUT2D eigenvalue weighted by Gasteiger charge is -2.22. The number of rotatable bonds is 4. The summed E-state index contributed by atoms with van der Waals surface area (Å²) >= 11 is 12.6. The molecule has 30 heavy (non-hydrogen) atoms. The second kappa shape index (κ2) is 8.26. The number of nitrogens with zero attached hydrogens (tertiary/aromatic N) is 3. The van der Waals surface area contributed by atoms with Crippen LogP contribution in [0.15, 0.2) is 49.1 Å². The highest BCUT2D eigenvalue weighted by molar-refractivity contribution is 6.37. The molecule has 0 amide bonds. The molecule has 3 aromatic heterocycles. The lowest BCUT2D eigenvalue weighted by atomic mass is 10.1. The van der Waals surface area contributed by atoms with E-state index in [1.807, 2.05) is 48.9 Å². The van der Waals surface area contributed by atoms with E-state index in [1.165, 1.54) is 0 Å². The summed E-state index contributed by atoms with van der Waals surface area (Å²) in [5.41, 5.74) is 4.80. The van der Waals surface area contributed by atoms with Crippen molar-refractivity contribution >= 4 is 46.4 Å². The van der Waals surface area contributed by atoms with Crippen LogP contribution in [0.2, 0.25) is 10.0 Å². The molecule has 1 aliphatic rings. The minimum Gasteiger partial charge on any atom is -0.346 e. The van der Waals surface area contributed by atoms with Crippen molar-refractivity contribution in [1.29, 1.82) is 0 Å². The summed E-state index contributed by atoms with van der Waals surface area (Å²) in [7, 11) is 0. The van der Waals surface area contributed by atoms with Crippen molar-refractivity contribution in [3.8, 4) is 11.1 Å². The van der Waals surface area contributed by atoms with Crippen molar-refractivity contribution in [3.05, 3.63) is 70.2 Å². The number of hydrogen-bond acceptors (Lipinski definition) is 3. The van der Waals surface area contributed by atoms with Gasteiger partial charge in [0, 0.05) is 56.3 Å². The summed E-state index contributed by atoms with van der Waals surface area (Å²) in [4.78, 5) is 7.83. The number of aromatic nitrogens is 4. The van der Waals surface area contributed by atoms with Gasteiger partial charge in [0.15, 0.2) is 0 Å². The van der Waals surface area contributed by atoms with Gasteiger partial charge in [-0.05, 0) is 44.1 Å². The van der Waals surface area contributed by atoms with Crippen molar-refractivity contribution in [1.82, 2.24) is 25.1 Å². The van der Waals surface area contributed by atoms with Gasteiger partial charge in [-0.25, -0.2) is 4.98 Å². The molecular weight excluding hydrogens is 417 g/mol. The smallest absolute Gasteiger partial charge is 0.137 e. The van der Waals surface area contributed by atoms with Gasteiger partial charge in [-0.1, -0.05) is 41.4 Å². The summed E-state index contributed by atoms with van der Waals surface area (Å²) in [6, 6.07) is 8.12. The maximum Gasteiger partial charge on any atom is 0.137 e. The fourth-order valence-corrected chi connectivity index (χ4v) is 4.44. The molecule has 1 fully saturated rings. The molecule has 4 aromatic rings. The van der Waals surface area contributed by atoms with E-state index >= 15 is 0 Å². The molecule has 1 saturated heterocycles. The zero-order chi connectivity index (χ0) is 20.5. The maximum atomic E-state index is 6.29. The Kier molecular flexibility index (Phi) is 5.34. The van der Waals surface area contributed by atoms with Crippen molar-refractivity contribution in [2.75, 3.05) is 13.1 Å². The Morgan fingerprint density at radius 2 is 1.83 bits per heavy atom. The van der Waals surface area contributed by atoms with Gasteiger partial charge in [-0.3, -0.25) is 4.68 Å². The van der Waals surface area contributed by atoms with Crippen molar-refractivity contribution < 1.29 is 0 Å². The molecule has 0 aliphatic carbocycles. The van der Waals surface area contributed by atoms with Crippen LogP contribution in [0.25, 0.3) is 34.3 Å². The summed E-state index contributed by atoms with van der Waals surface area (Å²) in [6.07, 6.45) is 14.1. The second-order valence-electron chi connectivity index (χ2n) is 7.52. The van der Waals surface area contributed by atoms with Gasteiger partial charge in [-0.15, -0.1) is 0 Å². The molecular formula is C23H21Cl2N5. The third-order valence-corrected chi connectivity index (χ3v) is 6.27. The largest absolute Gasteiger partial charge is 0.346 e. The second-order valence-corrected chi connectivity index (χ2v) is 8.34. The first kappa shape index (κ1) is 19.4. The van der Waals surface area contributed by atoms with Crippen molar-refractivity contribution in [2.45, 2.75) is 18.9 Å². The van der Waals surface area contributed by atoms with Crippen LogP contribution >= 0.6 is 23.2 Å². The van der Waals surface area contributed by atoms with Crippen LogP contribution in [-0.2, 0) is 0 Å². The number of benzene rings is 1. The first-order chi connectivity index (χ1) is 14.7. The van der Waals surface area contributed by atoms with Crippen LogP contribution in [0, 0.1) is 0 Å². The maximum absolute atomic E-state index is 6.29. The molecule has 1 aliphatic heterocycles. The fourth-order valence-electron chi connectivity index (χ4n) is 3.92. The molecule has 152 valence electrons. The van der Waals surface area contributed by atoms with Crippen LogP contribution in [0.3, 0.4) is 0 Å². The molecule has 5 nitrogen and oxygen atoms in total. The molecule has 4 heterocycles. The van der Waals surface area contributed by atoms with E-state index < -0.39 is 0 Å².